The van der Waals surface area contributed by atoms with Crippen LogP contribution in [0.4, 0.5) is 0 Å². The molecule has 0 spiro atoms. The summed E-state index contributed by atoms with van der Waals surface area (Å²) in [6.07, 6.45) is 1.52. The van der Waals surface area contributed by atoms with E-state index < -0.39 is 6.04 Å². The van der Waals surface area contributed by atoms with Crippen LogP contribution in [-0.4, -0.2) is 15.9 Å². The summed E-state index contributed by atoms with van der Waals surface area (Å²) < 4.78 is 0. The highest BCUT2D eigenvalue weighted by molar-refractivity contribution is 7.80. The number of hydrogen-bond donors (Lipinski definition) is 2. The van der Waals surface area contributed by atoms with E-state index in [9.17, 15) is 4.79 Å². The number of amides is 1. The highest BCUT2D eigenvalue weighted by Crippen LogP contribution is 2.15. The lowest BCUT2D eigenvalue weighted by Crippen LogP contribution is -2.36. The van der Waals surface area contributed by atoms with Crippen molar-refractivity contribution in [1.29, 1.82) is 0 Å². The largest absolute Gasteiger partial charge is 0.391 e. The van der Waals surface area contributed by atoms with Gasteiger partial charge in [0, 0.05) is 0 Å². The van der Waals surface area contributed by atoms with E-state index in [1.165, 1.54) is 17.5 Å². The second-order valence-electron chi connectivity index (χ2n) is 3.59. The number of hydrogen-bond acceptors (Lipinski definition) is 4. The van der Waals surface area contributed by atoms with Crippen LogP contribution >= 0.6 is 23.6 Å². The molecule has 6 heteroatoms. The fourth-order valence-corrected chi connectivity index (χ4v) is 2.21. The van der Waals surface area contributed by atoms with Crippen molar-refractivity contribution in [1.82, 2.24) is 10.3 Å². The molecule has 0 saturated carbocycles. The third kappa shape index (κ3) is 2.91. The van der Waals surface area contributed by atoms with Gasteiger partial charge in [0.05, 0.1) is 11.7 Å². The Balaban J connectivity index is 2.18. The molecule has 92 valence electrons. The summed E-state index contributed by atoms with van der Waals surface area (Å²) in [6, 6.07) is 8.92. The minimum absolute atomic E-state index is 0.223. The zero-order valence-corrected chi connectivity index (χ0v) is 11.0. The molecule has 3 N–H and O–H groups in total. The molecule has 0 aliphatic heterocycles. The molecule has 0 radical (unpaired) electrons. The fraction of sp³-hybridized carbons (Fsp3) is 0.0833. The van der Waals surface area contributed by atoms with Gasteiger partial charge in [-0.25, -0.2) is 0 Å². The summed E-state index contributed by atoms with van der Waals surface area (Å²) in [7, 11) is 0. The SMILES string of the molecule is NC(=S)C(NC(=O)c1cncs1)c1ccccc1. The summed E-state index contributed by atoms with van der Waals surface area (Å²) >= 11 is 6.27. The van der Waals surface area contributed by atoms with E-state index in [0.29, 0.717) is 4.88 Å². The Morgan fingerprint density at radius 3 is 2.67 bits per heavy atom. The van der Waals surface area contributed by atoms with Crippen LogP contribution in [0.1, 0.15) is 21.3 Å². The van der Waals surface area contributed by atoms with Crippen molar-refractivity contribution in [3.8, 4) is 0 Å². The minimum atomic E-state index is -0.462. The highest BCUT2D eigenvalue weighted by atomic mass is 32.1. The van der Waals surface area contributed by atoms with E-state index >= 15 is 0 Å². The number of rotatable bonds is 4. The molecule has 0 fully saturated rings. The third-order valence-corrected chi connectivity index (χ3v) is 3.36. The highest BCUT2D eigenvalue weighted by Gasteiger charge is 2.18. The van der Waals surface area contributed by atoms with Crippen molar-refractivity contribution in [2.45, 2.75) is 6.04 Å². The van der Waals surface area contributed by atoms with Crippen molar-refractivity contribution in [3.63, 3.8) is 0 Å². The van der Waals surface area contributed by atoms with Gasteiger partial charge in [-0.3, -0.25) is 9.78 Å². The zero-order valence-electron chi connectivity index (χ0n) is 9.37. The fourth-order valence-electron chi connectivity index (χ4n) is 1.49. The molecule has 2 aromatic rings. The Labute approximate surface area is 114 Å². The lowest BCUT2D eigenvalue weighted by atomic mass is 10.1. The zero-order chi connectivity index (χ0) is 13.0. The maximum absolute atomic E-state index is 11.9. The quantitative estimate of drug-likeness (QED) is 0.838. The summed E-state index contributed by atoms with van der Waals surface area (Å²) in [5.74, 6) is -0.223. The van der Waals surface area contributed by atoms with Gasteiger partial charge in [-0.05, 0) is 5.56 Å². The molecule has 1 unspecified atom stereocenters. The third-order valence-electron chi connectivity index (χ3n) is 2.35. The Kier molecular flexibility index (Phi) is 4.01. The normalized spacial score (nSPS) is 11.8. The molecule has 0 aliphatic rings. The van der Waals surface area contributed by atoms with Gasteiger partial charge in [-0.1, -0.05) is 42.5 Å². The van der Waals surface area contributed by atoms with Crippen LogP contribution in [-0.2, 0) is 0 Å². The van der Waals surface area contributed by atoms with E-state index in [0.717, 1.165) is 5.56 Å². The topological polar surface area (TPSA) is 68.0 Å². The first kappa shape index (κ1) is 12.7. The number of carbonyl (C=O) groups excluding carboxylic acids is 1. The molecular weight excluding hydrogens is 266 g/mol. The molecule has 0 aliphatic carbocycles. The predicted molar refractivity (Wildman–Crippen MR) is 75.5 cm³/mol. The van der Waals surface area contributed by atoms with Crippen molar-refractivity contribution < 1.29 is 4.79 Å². The summed E-state index contributed by atoms with van der Waals surface area (Å²) in [5, 5.41) is 2.80. The van der Waals surface area contributed by atoms with E-state index in [-0.39, 0.29) is 10.9 Å². The number of benzene rings is 1. The molecule has 1 atom stereocenters. The first-order valence-electron chi connectivity index (χ1n) is 5.22. The molecule has 4 nitrogen and oxygen atoms in total. The monoisotopic (exact) mass is 277 g/mol. The Morgan fingerprint density at radius 1 is 1.39 bits per heavy atom. The van der Waals surface area contributed by atoms with Crippen molar-refractivity contribution >= 4 is 34.5 Å². The van der Waals surface area contributed by atoms with Crippen LogP contribution < -0.4 is 11.1 Å². The Morgan fingerprint density at radius 2 is 2.11 bits per heavy atom. The summed E-state index contributed by atoms with van der Waals surface area (Å²) in [4.78, 5) is 16.6. The molecule has 1 amide bonds. The van der Waals surface area contributed by atoms with Gasteiger partial charge in [0.15, 0.2) is 0 Å². The van der Waals surface area contributed by atoms with E-state index in [1.807, 2.05) is 30.3 Å². The lowest BCUT2D eigenvalue weighted by Gasteiger charge is -2.17. The number of carbonyl (C=O) groups is 1. The standard InChI is InChI=1S/C12H11N3OS2/c13-11(17)10(8-4-2-1-3-5-8)15-12(16)9-6-14-7-18-9/h1-7,10H,(H2,13,17)(H,15,16). The molecule has 1 aromatic carbocycles. The van der Waals surface area contributed by atoms with Crippen molar-refractivity contribution in [2.75, 3.05) is 0 Å². The van der Waals surface area contributed by atoms with Crippen molar-refractivity contribution in [3.05, 3.63) is 52.5 Å². The van der Waals surface area contributed by atoms with Gasteiger partial charge >= 0.3 is 0 Å². The van der Waals surface area contributed by atoms with Crippen molar-refractivity contribution in [2.24, 2.45) is 5.73 Å². The molecular formula is C12H11N3OS2. The van der Waals surface area contributed by atoms with Gasteiger partial charge in [-0.2, -0.15) is 0 Å². The summed E-state index contributed by atoms with van der Waals surface area (Å²) in [6.45, 7) is 0. The number of thiazole rings is 1. The Hall–Kier alpha value is -1.79. The number of nitrogens with two attached hydrogens (primary N) is 1. The molecule has 18 heavy (non-hydrogen) atoms. The van der Waals surface area contributed by atoms with Gasteiger partial charge in [0.2, 0.25) is 0 Å². The number of aromatic nitrogens is 1. The molecule has 1 aromatic heterocycles. The van der Waals surface area contributed by atoms with Gasteiger partial charge in [0.1, 0.15) is 15.9 Å². The van der Waals surface area contributed by atoms with Crippen LogP contribution in [0.5, 0.6) is 0 Å². The average Bonchev–Trinajstić information content (AvgIpc) is 2.90. The van der Waals surface area contributed by atoms with Gasteiger partial charge in [0.25, 0.3) is 5.91 Å². The van der Waals surface area contributed by atoms with Crippen LogP contribution in [0, 0.1) is 0 Å². The molecule has 1 heterocycles. The first-order chi connectivity index (χ1) is 8.68. The number of thiocarbonyl (C=S) groups is 1. The molecule has 0 saturated heterocycles. The minimum Gasteiger partial charge on any atom is -0.391 e. The molecule has 2 rings (SSSR count). The molecule has 0 bridgehead atoms. The van der Waals surface area contributed by atoms with Gasteiger partial charge < -0.3 is 11.1 Å². The first-order valence-corrected chi connectivity index (χ1v) is 6.51. The summed E-state index contributed by atoms with van der Waals surface area (Å²) in [5.41, 5.74) is 8.14. The van der Waals surface area contributed by atoms with Crippen LogP contribution in [0.15, 0.2) is 42.0 Å². The smallest absolute Gasteiger partial charge is 0.263 e. The van der Waals surface area contributed by atoms with Gasteiger partial charge in [-0.15, -0.1) is 11.3 Å². The maximum Gasteiger partial charge on any atom is 0.263 e. The maximum atomic E-state index is 11.9. The average molecular weight is 277 g/mol. The predicted octanol–water partition coefficient (Wildman–Crippen LogP) is 1.90. The second kappa shape index (κ2) is 5.70. The Bertz CT molecular complexity index is 540. The van der Waals surface area contributed by atoms with E-state index in [4.69, 9.17) is 18.0 Å². The van der Waals surface area contributed by atoms with Crippen LogP contribution in [0.3, 0.4) is 0 Å². The second-order valence-corrected chi connectivity index (χ2v) is 4.94. The van der Waals surface area contributed by atoms with Crippen LogP contribution in [0.2, 0.25) is 0 Å². The van der Waals surface area contributed by atoms with Crippen LogP contribution in [0.25, 0.3) is 0 Å². The van der Waals surface area contributed by atoms with E-state index in [2.05, 4.69) is 10.3 Å². The van der Waals surface area contributed by atoms with E-state index in [1.54, 1.807) is 5.51 Å². The number of nitrogens with zero attached hydrogens (tertiary/aromatic N) is 1. The number of nitrogens with one attached hydrogen (secondary N) is 1. The lowest BCUT2D eigenvalue weighted by molar-refractivity contribution is 0.0950.